The van der Waals surface area contributed by atoms with E-state index in [9.17, 15) is 13.6 Å². The fraction of sp³-hybridized carbons (Fsp3) is 0.593. The second kappa shape index (κ2) is 10.7. The number of carbonyl (C=O) groups is 1. The maximum atomic E-state index is 13.9. The molecular weight excluding hydrogens is 523 g/mol. The zero-order valence-electron chi connectivity index (χ0n) is 21.1. The highest BCUT2D eigenvalue weighted by atomic mass is 35.5. The lowest BCUT2D eigenvalue weighted by Gasteiger charge is -2.17. The van der Waals surface area contributed by atoms with E-state index in [4.69, 9.17) is 28.2 Å². The van der Waals surface area contributed by atoms with Crippen LogP contribution in [0, 0.1) is 17.3 Å². The molecular formula is C27H33Cl2F2N3OS. The van der Waals surface area contributed by atoms with E-state index in [1.807, 2.05) is 32.0 Å². The Morgan fingerprint density at radius 2 is 1.97 bits per heavy atom. The molecule has 196 valence electrons. The molecule has 0 N–H and O–H groups in total. The third kappa shape index (κ3) is 4.88. The topological polar surface area (TPSA) is 47.2 Å². The van der Waals surface area contributed by atoms with Gasteiger partial charge in [0.25, 0.3) is 6.43 Å². The van der Waals surface area contributed by atoms with Gasteiger partial charge in [-0.05, 0) is 60.9 Å². The molecule has 4 nitrogen and oxygen atoms in total. The monoisotopic (exact) mass is 555 g/mol. The largest absolute Gasteiger partial charge is 0.286 e. The predicted molar refractivity (Wildman–Crippen MR) is 145 cm³/mol. The van der Waals surface area contributed by atoms with Crippen LogP contribution < -0.4 is 0 Å². The fourth-order valence-corrected chi connectivity index (χ4v) is 8.25. The summed E-state index contributed by atoms with van der Waals surface area (Å²) in [4.78, 5) is 18.5. The number of hydrogen-bond donors (Lipinski definition) is 0. The third-order valence-electron chi connectivity index (χ3n) is 8.04. The van der Waals surface area contributed by atoms with Crippen LogP contribution in [0.3, 0.4) is 0 Å². The molecule has 1 heterocycles. The Hall–Kier alpha value is -1.44. The molecule has 2 aliphatic carbocycles. The lowest BCUT2D eigenvalue weighted by Crippen LogP contribution is -2.21. The van der Waals surface area contributed by atoms with Crippen molar-refractivity contribution in [1.29, 1.82) is 0 Å². The zero-order valence-corrected chi connectivity index (χ0v) is 23.4. The minimum Gasteiger partial charge on any atom is -0.286 e. The van der Waals surface area contributed by atoms with E-state index in [0.29, 0.717) is 23.9 Å². The van der Waals surface area contributed by atoms with Gasteiger partial charge in [-0.3, -0.25) is 9.48 Å². The number of para-hydroxylation sites is 1. The van der Waals surface area contributed by atoms with Gasteiger partial charge in [0.05, 0.1) is 16.7 Å². The number of carbonyl (C=O) groups excluding carboxylic acids is 1. The molecule has 0 aliphatic heterocycles. The number of alkyl halides is 4. The summed E-state index contributed by atoms with van der Waals surface area (Å²) in [6.45, 7) is 5.92. The van der Waals surface area contributed by atoms with Gasteiger partial charge in [0.15, 0.2) is 0 Å². The van der Waals surface area contributed by atoms with Crippen LogP contribution >= 0.6 is 35.0 Å². The van der Waals surface area contributed by atoms with Gasteiger partial charge in [-0.2, -0.15) is 5.10 Å². The van der Waals surface area contributed by atoms with E-state index in [1.54, 1.807) is 7.05 Å². The number of aliphatic imine (C=N–C) groups is 1. The molecule has 36 heavy (non-hydrogen) atoms. The SMILES string of the molecule is CCCC1CCC(c2ccccc2N=C(SC(=O)C2(CC)C(C)C2(Cl)Cl)c2cn(C)nc2C(F)F)C1. The van der Waals surface area contributed by atoms with Crippen LogP contribution in [0.25, 0.3) is 0 Å². The highest BCUT2D eigenvalue weighted by Crippen LogP contribution is 2.72. The van der Waals surface area contributed by atoms with Crippen molar-refractivity contribution in [2.75, 3.05) is 0 Å². The average molecular weight is 557 g/mol. The molecule has 0 amide bonds. The number of rotatable bonds is 8. The first-order valence-corrected chi connectivity index (χ1v) is 14.2. The minimum atomic E-state index is -2.80. The van der Waals surface area contributed by atoms with Crippen molar-refractivity contribution in [2.24, 2.45) is 29.3 Å². The van der Waals surface area contributed by atoms with Gasteiger partial charge in [-0.15, -0.1) is 23.2 Å². The molecule has 4 atom stereocenters. The van der Waals surface area contributed by atoms with Gasteiger partial charge in [0.1, 0.15) is 15.1 Å². The summed E-state index contributed by atoms with van der Waals surface area (Å²) < 4.78 is 28.0. The highest BCUT2D eigenvalue weighted by Gasteiger charge is 2.76. The first-order chi connectivity index (χ1) is 17.1. The molecule has 2 saturated carbocycles. The number of nitrogens with zero attached hydrogens (tertiary/aromatic N) is 3. The van der Waals surface area contributed by atoms with Crippen molar-refractivity contribution in [1.82, 2.24) is 9.78 Å². The number of thioether (sulfide) groups is 1. The maximum Gasteiger partial charge on any atom is 0.282 e. The lowest BCUT2D eigenvalue weighted by molar-refractivity contribution is -0.116. The number of aryl methyl sites for hydroxylation is 1. The van der Waals surface area contributed by atoms with Crippen LogP contribution in [0.5, 0.6) is 0 Å². The number of aromatic nitrogens is 2. The van der Waals surface area contributed by atoms with E-state index >= 15 is 0 Å². The molecule has 0 spiro atoms. The number of benzene rings is 1. The van der Waals surface area contributed by atoms with Crippen molar-refractivity contribution in [3.8, 4) is 0 Å². The average Bonchev–Trinajstić information content (AvgIpc) is 3.26. The molecule has 2 fully saturated rings. The Balaban J connectivity index is 1.76. The van der Waals surface area contributed by atoms with Crippen molar-refractivity contribution in [2.45, 2.75) is 76.0 Å². The smallest absolute Gasteiger partial charge is 0.282 e. The Morgan fingerprint density at radius 3 is 2.58 bits per heavy atom. The lowest BCUT2D eigenvalue weighted by atomic mass is 9.93. The summed E-state index contributed by atoms with van der Waals surface area (Å²) in [5.41, 5.74) is 0.614. The van der Waals surface area contributed by atoms with Crippen LogP contribution in [0.2, 0.25) is 0 Å². The van der Waals surface area contributed by atoms with Gasteiger partial charge in [0, 0.05) is 19.2 Å². The highest BCUT2D eigenvalue weighted by molar-refractivity contribution is 8.26. The van der Waals surface area contributed by atoms with Gasteiger partial charge >= 0.3 is 0 Å². The molecule has 2 aromatic rings. The van der Waals surface area contributed by atoms with E-state index in [-0.39, 0.29) is 21.6 Å². The molecule has 9 heteroatoms. The molecule has 4 unspecified atom stereocenters. The van der Waals surface area contributed by atoms with Gasteiger partial charge in [-0.1, -0.05) is 51.8 Å². The number of hydrogen-bond acceptors (Lipinski definition) is 4. The minimum absolute atomic E-state index is 0.158. The normalized spacial score (nSPS) is 27.6. The zero-order chi connectivity index (χ0) is 26.3. The Labute approximate surface area is 226 Å². The van der Waals surface area contributed by atoms with Crippen LogP contribution in [0.15, 0.2) is 35.5 Å². The molecule has 0 radical (unpaired) electrons. The number of halogens is 4. The summed E-state index contributed by atoms with van der Waals surface area (Å²) in [6, 6.07) is 7.84. The van der Waals surface area contributed by atoms with Crippen molar-refractivity contribution in [3.05, 3.63) is 47.3 Å². The standard InChI is InChI=1S/C27H33Cl2F2N3OS/c1-5-9-17-12-13-18(14-17)19-10-7-8-11-21(19)32-24(20-15-34(4)33-22(20)23(30)31)36-25(35)26(6-2)16(3)27(26,28)29/h7-8,10-11,15-18,23H,5-6,9,12-14H2,1-4H3. The van der Waals surface area contributed by atoms with Crippen LogP contribution in [-0.4, -0.2) is 24.3 Å². The van der Waals surface area contributed by atoms with E-state index < -0.39 is 21.9 Å². The van der Waals surface area contributed by atoms with Crippen LogP contribution in [0.4, 0.5) is 14.5 Å². The third-order valence-corrected chi connectivity index (χ3v) is 10.4. The van der Waals surface area contributed by atoms with E-state index in [0.717, 1.165) is 36.6 Å². The van der Waals surface area contributed by atoms with Crippen molar-refractivity contribution < 1.29 is 13.6 Å². The van der Waals surface area contributed by atoms with Gasteiger partial charge in [-0.25, -0.2) is 13.8 Å². The Kier molecular flexibility index (Phi) is 8.23. The van der Waals surface area contributed by atoms with Crippen LogP contribution in [-0.2, 0) is 11.8 Å². The summed E-state index contributed by atoms with van der Waals surface area (Å²) in [5, 5.41) is 3.91. The second-order valence-electron chi connectivity index (χ2n) is 10.1. The second-order valence-corrected chi connectivity index (χ2v) is 12.4. The fourth-order valence-electron chi connectivity index (χ4n) is 5.86. The summed E-state index contributed by atoms with van der Waals surface area (Å²) in [6.07, 6.45) is 4.87. The molecule has 1 aromatic carbocycles. The summed E-state index contributed by atoms with van der Waals surface area (Å²) >= 11 is 13.8. The van der Waals surface area contributed by atoms with Crippen LogP contribution in [0.1, 0.15) is 88.5 Å². The maximum absolute atomic E-state index is 13.9. The summed E-state index contributed by atoms with van der Waals surface area (Å²) in [7, 11) is 1.58. The molecule has 0 bridgehead atoms. The Morgan fingerprint density at radius 1 is 1.28 bits per heavy atom. The van der Waals surface area contributed by atoms with E-state index in [1.165, 1.54) is 23.7 Å². The molecule has 0 saturated heterocycles. The molecule has 4 rings (SSSR count). The first kappa shape index (κ1) is 27.6. The van der Waals surface area contributed by atoms with Crippen molar-refractivity contribution >= 4 is 50.8 Å². The molecule has 2 aliphatic rings. The van der Waals surface area contributed by atoms with Gasteiger partial charge < -0.3 is 0 Å². The van der Waals surface area contributed by atoms with Crippen molar-refractivity contribution in [3.63, 3.8) is 0 Å². The van der Waals surface area contributed by atoms with Gasteiger partial charge in [0.2, 0.25) is 5.12 Å². The molecule has 1 aromatic heterocycles. The first-order valence-electron chi connectivity index (χ1n) is 12.7. The Bertz CT molecular complexity index is 1150. The predicted octanol–water partition coefficient (Wildman–Crippen LogP) is 8.60. The van der Waals surface area contributed by atoms with E-state index in [2.05, 4.69) is 18.1 Å². The summed E-state index contributed by atoms with van der Waals surface area (Å²) in [5.74, 6) is 0.803. The quantitative estimate of drug-likeness (QED) is 0.186.